The van der Waals surface area contributed by atoms with Crippen molar-refractivity contribution >= 4 is 50.0 Å². The Hall–Kier alpha value is -8.20. The van der Waals surface area contributed by atoms with Gasteiger partial charge in [0.1, 0.15) is 0 Å². The van der Waals surface area contributed by atoms with E-state index in [-0.39, 0.29) is 10.8 Å². The summed E-state index contributed by atoms with van der Waals surface area (Å²) in [5.41, 5.74) is 28.7. The minimum Gasteiger partial charge on any atom is -0.310 e. The Balaban J connectivity index is 1.06. The van der Waals surface area contributed by atoms with Crippen LogP contribution < -0.4 is 9.80 Å². The van der Waals surface area contributed by atoms with E-state index in [0.717, 1.165) is 31.4 Å². The lowest BCUT2D eigenvalue weighted by molar-refractivity contribution is 0.660. The average Bonchev–Trinajstić information content (AvgIpc) is 3.79. The molecule has 0 atom stereocenters. The molecule has 0 fully saturated rings. The van der Waals surface area contributed by atoms with Crippen LogP contribution in [0.1, 0.15) is 79.5 Å². The average molecular weight is 923 g/mol. The summed E-state index contributed by atoms with van der Waals surface area (Å²) in [5.74, 6) is 0. The Morgan fingerprint density at radius 1 is 0.375 bits per heavy atom. The van der Waals surface area contributed by atoms with Gasteiger partial charge in [-0.2, -0.15) is 0 Å². The molecule has 0 radical (unpaired) electrons. The summed E-state index contributed by atoms with van der Waals surface area (Å²) in [7, 11) is 0. The van der Waals surface area contributed by atoms with Gasteiger partial charge in [0.25, 0.3) is 0 Å². The number of hydrogen-bond acceptors (Lipinski definition) is 2. The summed E-state index contributed by atoms with van der Waals surface area (Å²) >= 11 is 0. The van der Waals surface area contributed by atoms with Gasteiger partial charge in [0, 0.05) is 51.4 Å². The van der Waals surface area contributed by atoms with E-state index < -0.39 is 0 Å². The number of rotatable bonds is 4. The van der Waals surface area contributed by atoms with Gasteiger partial charge in [-0.15, -0.1) is 0 Å². The van der Waals surface area contributed by atoms with Crippen LogP contribution >= 0.6 is 0 Å². The standard InChI is InChI=1S/C70H54N2/c1-69(2)59-23-11-9-21-51(59)53-33-29-47(39-61(53)69)67-55-35-31-50(72-65-27-15-7-19-45(65)38-46-20-8-16-28-66(46)72)42-58(55)68(48-30-34-54-52-22-10-12-24-60(52)70(3,4)62(54)40-48)56-36-32-49(41-57(56)67)71-63-25-13-5-17-43(63)37-44-18-6-14-26-64(44)71/h5-7,9-19,21-36,39-42H,8,20,37-38H2,1-4H3. The van der Waals surface area contributed by atoms with Crippen molar-refractivity contribution in [1.29, 1.82) is 0 Å². The lowest BCUT2D eigenvalue weighted by atomic mass is 9.79. The quantitative estimate of drug-likeness (QED) is 0.162. The van der Waals surface area contributed by atoms with E-state index in [1.165, 1.54) is 139 Å². The molecule has 0 unspecified atom stereocenters. The molecule has 10 aromatic carbocycles. The first-order valence-corrected chi connectivity index (χ1v) is 26.0. The zero-order chi connectivity index (χ0) is 48.0. The highest BCUT2D eigenvalue weighted by molar-refractivity contribution is 6.23. The smallest absolute Gasteiger partial charge is 0.0497 e. The normalized spacial score (nSPS) is 16.2. The molecule has 0 bridgehead atoms. The predicted octanol–water partition coefficient (Wildman–Crippen LogP) is 18.6. The van der Waals surface area contributed by atoms with E-state index in [2.05, 4.69) is 244 Å². The summed E-state index contributed by atoms with van der Waals surface area (Å²) in [6.07, 6.45) is 8.84. The summed E-state index contributed by atoms with van der Waals surface area (Å²) in [5, 5.41) is 5.03. The largest absolute Gasteiger partial charge is 0.310 e. The van der Waals surface area contributed by atoms with Gasteiger partial charge in [-0.25, -0.2) is 0 Å². The van der Waals surface area contributed by atoms with E-state index in [1.54, 1.807) is 0 Å². The Morgan fingerprint density at radius 3 is 1.36 bits per heavy atom. The predicted molar refractivity (Wildman–Crippen MR) is 303 cm³/mol. The van der Waals surface area contributed by atoms with Crippen molar-refractivity contribution in [3.8, 4) is 44.5 Å². The summed E-state index contributed by atoms with van der Waals surface area (Å²) in [6.45, 7) is 9.62. The topological polar surface area (TPSA) is 6.48 Å². The second kappa shape index (κ2) is 15.2. The molecule has 3 aliphatic carbocycles. The third kappa shape index (κ3) is 5.84. The van der Waals surface area contributed by atoms with Crippen molar-refractivity contribution in [2.45, 2.75) is 64.2 Å². The van der Waals surface area contributed by atoms with Crippen molar-refractivity contribution in [2.24, 2.45) is 0 Å². The van der Waals surface area contributed by atoms with Crippen LogP contribution in [0.25, 0.3) is 66.1 Å². The zero-order valence-electron chi connectivity index (χ0n) is 41.4. The van der Waals surface area contributed by atoms with Gasteiger partial charge in [-0.3, -0.25) is 0 Å². The second-order valence-corrected chi connectivity index (χ2v) is 21.9. The van der Waals surface area contributed by atoms with Gasteiger partial charge in [-0.05, 0) is 191 Å². The Morgan fingerprint density at radius 2 is 0.819 bits per heavy atom. The number of nitrogens with zero attached hydrogens (tertiary/aromatic N) is 2. The molecule has 72 heavy (non-hydrogen) atoms. The van der Waals surface area contributed by atoms with E-state index >= 15 is 0 Å². The molecule has 0 spiro atoms. The fourth-order valence-electron chi connectivity index (χ4n) is 13.8. The third-order valence-corrected chi connectivity index (χ3v) is 17.3. The van der Waals surface area contributed by atoms with Crippen LogP contribution in [0.3, 0.4) is 0 Å². The van der Waals surface area contributed by atoms with Crippen LogP contribution in [0.2, 0.25) is 0 Å². The maximum absolute atomic E-state index is 2.56. The van der Waals surface area contributed by atoms with Crippen LogP contribution in [0.5, 0.6) is 0 Å². The number of anilines is 5. The van der Waals surface area contributed by atoms with Crippen LogP contribution in [0.4, 0.5) is 28.4 Å². The van der Waals surface area contributed by atoms with E-state index in [0.29, 0.717) is 0 Å². The first-order valence-electron chi connectivity index (χ1n) is 26.0. The van der Waals surface area contributed by atoms with Crippen molar-refractivity contribution < 1.29 is 0 Å². The molecule has 0 saturated heterocycles. The van der Waals surface area contributed by atoms with Crippen molar-refractivity contribution in [2.75, 3.05) is 9.80 Å². The fraction of sp³-hybridized carbons (Fsp3) is 0.143. The highest BCUT2D eigenvalue weighted by Crippen LogP contribution is 2.55. The highest BCUT2D eigenvalue weighted by atomic mass is 15.2. The lowest BCUT2D eigenvalue weighted by Crippen LogP contribution is -2.24. The molecule has 0 N–H and O–H groups in total. The van der Waals surface area contributed by atoms with Crippen LogP contribution in [0, 0.1) is 0 Å². The van der Waals surface area contributed by atoms with Gasteiger partial charge < -0.3 is 9.80 Å². The SMILES string of the molecule is CC1(C)c2ccccc2-c2ccc(-c3c4ccc(N5c6ccccc6Cc6ccccc65)cc4c(-c4ccc5c(c4)C(C)(C)c4ccccc4-5)c4ccc(N5C6=C(CCC=C6)Cc6ccccc65)cc34)cc21. The van der Waals surface area contributed by atoms with Gasteiger partial charge >= 0.3 is 0 Å². The number of para-hydroxylation sites is 3. The number of fused-ring (bicyclic) bond motifs is 11. The molecule has 0 saturated carbocycles. The molecule has 2 heterocycles. The van der Waals surface area contributed by atoms with Gasteiger partial charge in [-0.1, -0.05) is 173 Å². The molecular formula is C70H54N2. The number of allylic oxidation sites excluding steroid dienone is 3. The number of hydrogen-bond donors (Lipinski definition) is 0. The monoisotopic (exact) mass is 922 g/mol. The van der Waals surface area contributed by atoms with E-state index in [4.69, 9.17) is 0 Å². The molecule has 0 amide bonds. The Labute approximate surface area is 422 Å². The molecular weight excluding hydrogens is 869 g/mol. The van der Waals surface area contributed by atoms with Crippen molar-refractivity contribution in [1.82, 2.24) is 0 Å². The summed E-state index contributed by atoms with van der Waals surface area (Å²) < 4.78 is 0. The molecule has 2 aliphatic heterocycles. The van der Waals surface area contributed by atoms with E-state index in [1.807, 2.05) is 0 Å². The lowest BCUT2D eigenvalue weighted by Gasteiger charge is -2.36. The van der Waals surface area contributed by atoms with Crippen LogP contribution in [-0.2, 0) is 23.7 Å². The fourth-order valence-corrected chi connectivity index (χ4v) is 13.8. The summed E-state index contributed by atoms with van der Waals surface area (Å²) in [6, 6.07) is 74.6. The Bertz CT molecular complexity index is 4020. The Kier molecular flexibility index (Phi) is 8.75. The first-order chi connectivity index (χ1) is 35.2. The van der Waals surface area contributed by atoms with Crippen LogP contribution in [0.15, 0.2) is 218 Å². The molecule has 344 valence electrons. The molecule has 2 heteroatoms. The molecule has 0 aromatic heterocycles. The van der Waals surface area contributed by atoms with Crippen molar-refractivity contribution in [3.63, 3.8) is 0 Å². The minimum absolute atomic E-state index is 0.149. The minimum atomic E-state index is -0.150. The maximum Gasteiger partial charge on any atom is 0.0497 e. The zero-order valence-corrected chi connectivity index (χ0v) is 41.4. The van der Waals surface area contributed by atoms with Gasteiger partial charge in [0.05, 0.1) is 0 Å². The molecule has 5 aliphatic rings. The molecule has 2 nitrogen and oxygen atoms in total. The number of benzene rings is 10. The summed E-state index contributed by atoms with van der Waals surface area (Å²) in [4.78, 5) is 5.07. The van der Waals surface area contributed by atoms with Crippen molar-refractivity contribution in [3.05, 3.63) is 256 Å². The molecule has 15 rings (SSSR count). The first kappa shape index (κ1) is 41.6. The maximum atomic E-state index is 2.56. The van der Waals surface area contributed by atoms with Gasteiger partial charge in [0.2, 0.25) is 0 Å². The third-order valence-electron chi connectivity index (χ3n) is 17.3. The van der Waals surface area contributed by atoms with Gasteiger partial charge in [0.15, 0.2) is 0 Å². The second-order valence-electron chi connectivity index (χ2n) is 21.9. The van der Waals surface area contributed by atoms with Crippen LogP contribution in [-0.4, -0.2) is 0 Å². The molecule has 10 aromatic rings. The van der Waals surface area contributed by atoms with E-state index in [9.17, 15) is 0 Å². The highest BCUT2D eigenvalue weighted by Gasteiger charge is 2.38.